The van der Waals surface area contributed by atoms with Gasteiger partial charge >= 0.3 is 5.97 Å². The first kappa shape index (κ1) is 18.2. The lowest BCUT2D eigenvalue weighted by atomic mass is 9.76. The maximum absolute atomic E-state index is 13.0. The van der Waals surface area contributed by atoms with Gasteiger partial charge < -0.3 is 9.64 Å². The number of carbonyl (C=O) groups is 1. The first-order valence-electron chi connectivity index (χ1n) is 8.44. The molecule has 0 bridgehead atoms. The van der Waals surface area contributed by atoms with Crippen molar-refractivity contribution in [1.82, 2.24) is 4.90 Å². The minimum absolute atomic E-state index is 0.211. The fraction of sp³-hybridized carbons (Fsp3) is 0.381. The lowest BCUT2D eigenvalue weighted by molar-refractivity contribution is -0.148. The molecule has 0 spiro atoms. The summed E-state index contributed by atoms with van der Waals surface area (Å²) in [5, 5.41) is 0. The number of carbonyl (C=O) groups excluding carboxylic acids is 1. The Balaban J connectivity index is 2.22. The molecule has 3 nitrogen and oxygen atoms in total. The van der Waals surface area contributed by atoms with Crippen LogP contribution in [0.25, 0.3) is 0 Å². The van der Waals surface area contributed by atoms with E-state index < -0.39 is 5.41 Å². The SMILES string of the molecule is CC(C)N(C)CCOC(=O)C(C)(c1ccccc1)c1ccccc1. The van der Waals surface area contributed by atoms with Gasteiger partial charge in [-0.2, -0.15) is 0 Å². The standard InChI is InChI=1S/C21H27NO2/c1-17(2)22(4)15-16-24-20(23)21(3,18-11-7-5-8-12-18)19-13-9-6-10-14-19/h5-14,17H,15-16H2,1-4H3. The van der Waals surface area contributed by atoms with Crippen LogP contribution in [0.3, 0.4) is 0 Å². The molecule has 0 saturated carbocycles. The Morgan fingerprint density at radius 3 is 1.88 bits per heavy atom. The van der Waals surface area contributed by atoms with Crippen molar-refractivity contribution in [1.29, 1.82) is 0 Å². The van der Waals surface area contributed by atoms with Gasteiger partial charge in [0.1, 0.15) is 12.0 Å². The van der Waals surface area contributed by atoms with Crippen LogP contribution < -0.4 is 0 Å². The monoisotopic (exact) mass is 325 g/mol. The van der Waals surface area contributed by atoms with Crippen LogP contribution in [0.4, 0.5) is 0 Å². The van der Waals surface area contributed by atoms with Gasteiger partial charge in [0.2, 0.25) is 0 Å². The minimum atomic E-state index is -0.807. The molecule has 0 radical (unpaired) electrons. The van der Waals surface area contributed by atoms with E-state index in [0.717, 1.165) is 17.7 Å². The number of benzene rings is 2. The van der Waals surface area contributed by atoms with Crippen molar-refractivity contribution < 1.29 is 9.53 Å². The second kappa shape index (κ2) is 8.11. The molecular formula is C21H27NO2. The van der Waals surface area contributed by atoms with Gasteiger partial charge in [-0.15, -0.1) is 0 Å². The van der Waals surface area contributed by atoms with E-state index in [9.17, 15) is 4.79 Å². The van der Waals surface area contributed by atoms with Crippen molar-refractivity contribution in [3.05, 3.63) is 71.8 Å². The Morgan fingerprint density at radius 2 is 1.46 bits per heavy atom. The summed E-state index contributed by atoms with van der Waals surface area (Å²) in [5.74, 6) is -0.211. The smallest absolute Gasteiger partial charge is 0.320 e. The van der Waals surface area contributed by atoms with E-state index >= 15 is 0 Å². The van der Waals surface area contributed by atoms with Gasteiger partial charge in [0, 0.05) is 12.6 Å². The quantitative estimate of drug-likeness (QED) is 0.724. The summed E-state index contributed by atoms with van der Waals surface area (Å²) in [6.07, 6.45) is 0. The number of esters is 1. The molecule has 2 aromatic rings. The van der Waals surface area contributed by atoms with Gasteiger partial charge in [0.15, 0.2) is 0 Å². The second-order valence-corrected chi connectivity index (χ2v) is 6.57. The van der Waals surface area contributed by atoms with Gasteiger partial charge in [0.25, 0.3) is 0 Å². The van der Waals surface area contributed by atoms with Crippen LogP contribution in [-0.2, 0) is 14.9 Å². The Labute approximate surface area is 145 Å². The molecule has 3 heteroatoms. The highest BCUT2D eigenvalue weighted by molar-refractivity contribution is 5.87. The summed E-state index contributed by atoms with van der Waals surface area (Å²) in [5.41, 5.74) is 1.08. The normalized spacial score (nSPS) is 11.8. The first-order valence-corrected chi connectivity index (χ1v) is 8.44. The van der Waals surface area contributed by atoms with Crippen molar-refractivity contribution in [2.45, 2.75) is 32.2 Å². The predicted molar refractivity (Wildman–Crippen MR) is 98.1 cm³/mol. The molecule has 0 aliphatic heterocycles. The van der Waals surface area contributed by atoms with Gasteiger partial charge in [0.05, 0.1) is 0 Å². The average Bonchev–Trinajstić information content (AvgIpc) is 2.62. The summed E-state index contributed by atoms with van der Waals surface area (Å²) in [4.78, 5) is 15.1. The zero-order valence-electron chi connectivity index (χ0n) is 15.0. The number of ether oxygens (including phenoxy) is 1. The summed E-state index contributed by atoms with van der Waals surface area (Å²) in [6, 6.07) is 20.1. The van der Waals surface area contributed by atoms with Crippen molar-refractivity contribution in [2.75, 3.05) is 20.2 Å². The number of rotatable bonds is 7. The molecule has 0 N–H and O–H groups in total. The Bertz CT molecular complexity index is 598. The predicted octanol–water partition coefficient (Wildman–Crippen LogP) is 3.88. The van der Waals surface area contributed by atoms with E-state index in [2.05, 4.69) is 18.7 Å². The van der Waals surface area contributed by atoms with Crippen LogP contribution in [0.15, 0.2) is 60.7 Å². The molecule has 0 saturated heterocycles. The molecule has 0 unspecified atom stereocenters. The zero-order chi connectivity index (χ0) is 17.6. The third kappa shape index (κ3) is 4.04. The van der Waals surface area contributed by atoms with Crippen LogP contribution in [-0.4, -0.2) is 37.1 Å². The van der Waals surface area contributed by atoms with Crippen LogP contribution in [0.2, 0.25) is 0 Å². The third-order valence-corrected chi connectivity index (χ3v) is 4.67. The molecule has 0 heterocycles. The van der Waals surface area contributed by atoms with Crippen molar-refractivity contribution in [3.63, 3.8) is 0 Å². The molecule has 0 fully saturated rings. The van der Waals surface area contributed by atoms with E-state index in [4.69, 9.17) is 4.74 Å². The lowest BCUT2D eigenvalue weighted by Crippen LogP contribution is -2.38. The minimum Gasteiger partial charge on any atom is -0.463 e. The number of nitrogens with zero attached hydrogens (tertiary/aromatic N) is 1. The van der Waals surface area contributed by atoms with Gasteiger partial charge in [-0.3, -0.25) is 4.79 Å². The van der Waals surface area contributed by atoms with E-state index in [0.29, 0.717) is 12.6 Å². The Kier molecular flexibility index (Phi) is 6.16. The van der Waals surface area contributed by atoms with E-state index in [-0.39, 0.29) is 5.97 Å². The van der Waals surface area contributed by atoms with Crippen molar-refractivity contribution in [2.24, 2.45) is 0 Å². The average molecular weight is 325 g/mol. The Morgan fingerprint density at radius 1 is 1.00 bits per heavy atom. The maximum Gasteiger partial charge on any atom is 0.320 e. The summed E-state index contributed by atoms with van der Waals surface area (Å²) >= 11 is 0. The summed E-state index contributed by atoms with van der Waals surface area (Å²) in [6.45, 7) is 7.30. The fourth-order valence-electron chi connectivity index (χ4n) is 2.63. The molecule has 0 amide bonds. The largest absolute Gasteiger partial charge is 0.463 e. The fourth-order valence-corrected chi connectivity index (χ4v) is 2.63. The molecular weight excluding hydrogens is 298 g/mol. The molecule has 0 atom stereocenters. The number of hydrogen-bond donors (Lipinski definition) is 0. The topological polar surface area (TPSA) is 29.5 Å². The number of hydrogen-bond acceptors (Lipinski definition) is 3. The zero-order valence-corrected chi connectivity index (χ0v) is 15.0. The Hall–Kier alpha value is -2.13. The van der Waals surface area contributed by atoms with E-state index in [1.165, 1.54) is 0 Å². The third-order valence-electron chi connectivity index (χ3n) is 4.67. The molecule has 128 valence electrons. The van der Waals surface area contributed by atoms with Gasteiger partial charge in [-0.05, 0) is 38.9 Å². The summed E-state index contributed by atoms with van der Waals surface area (Å²) < 4.78 is 5.66. The highest BCUT2D eigenvalue weighted by atomic mass is 16.5. The second-order valence-electron chi connectivity index (χ2n) is 6.57. The van der Waals surface area contributed by atoms with E-state index in [1.54, 1.807) is 0 Å². The van der Waals surface area contributed by atoms with Crippen LogP contribution >= 0.6 is 0 Å². The molecule has 0 aromatic heterocycles. The maximum atomic E-state index is 13.0. The van der Waals surface area contributed by atoms with Crippen LogP contribution in [0.5, 0.6) is 0 Å². The molecule has 24 heavy (non-hydrogen) atoms. The van der Waals surface area contributed by atoms with Crippen LogP contribution in [0.1, 0.15) is 31.9 Å². The van der Waals surface area contributed by atoms with Crippen molar-refractivity contribution in [3.8, 4) is 0 Å². The van der Waals surface area contributed by atoms with Gasteiger partial charge in [-0.1, -0.05) is 60.7 Å². The molecule has 2 aromatic carbocycles. The summed E-state index contributed by atoms with van der Waals surface area (Å²) in [7, 11) is 2.03. The first-order chi connectivity index (χ1) is 11.5. The van der Waals surface area contributed by atoms with Crippen LogP contribution in [0, 0.1) is 0 Å². The van der Waals surface area contributed by atoms with Crippen molar-refractivity contribution >= 4 is 5.97 Å². The molecule has 0 aliphatic carbocycles. The lowest BCUT2D eigenvalue weighted by Gasteiger charge is -2.29. The molecule has 2 rings (SSSR count). The highest BCUT2D eigenvalue weighted by Gasteiger charge is 2.38. The van der Waals surface area contributed by atoms with Gasteiger partial charge in [-0.25, -0.2) is 0 Å². The molecule has 0 aliphatic rings. The highest BCUT2D eigenvalue weighted by Crippen LogP contribution is 2.33. The number of likely N-dealkylation sites (N-methyl/N-ethyl adjacent to an activating group) is 1. The van der Waals surface area contributed by atoms with E-state index in [1.807, 2.05) is 74.6 Å².